The van der Waals surface area contributed by atoms with Gasteiger partial charge in [0.1, 0.15) is 17.4 Å². The van der Waals surface area contributed by atoms with Crippen LogP contribution in [0.3, 0.4) is 0 Å². The van der Waals surface area contributed by atoms with Crippen molar-refractivity contribution in [1.82, 2.24) is 4.90 Å². The average molecular weight is 397 g/mol. The van der Waals surface area contributed by atoms with E-state index in [0.29, 0.717) is 11.3 Å². The van der Waals surface area contributed by atoms with Gasteiger partial charge in [0.15, 0.2) is 5.17 Å². The number of anilines is 1. The van der Waals surface area contributed by atoms with E-state index in [-0.39, 0.29) is 17.5 Å². The summed E-state index contributed by atoms with van der Waals surface area (Å²) in [6, 6.07) is 11.9. The van der Waals surface area contributed by atoms with Gasteiger partial charge in [-0.25, -0.2) is 4.99 Å². The fourth-order valence-corrected chi connectivity index (χ4v) is 3.90. The molecule has 1 saturated heterocycles. The predicted molar refractivity (Wildman–Crippen MR) is 113 cm³/mol. The highest BCUT2D eigenvalue weighted by atomic mass is 32.2. The monoisotopic (exact) mass is 396 g/mol. The summed E-state index contributed by atoms with van der Waals surface area (Å²) in [5.41, 5.74) is 2.01. The molecule has 0 aliphatic carbocycles. The summed E-state index contributed by atoms with van der Waals surface area (Å²) in [7, 11) is 0. The number of benzene rings is 1. The van der Waals surface area contributed by atoms with E-state index in [1.165, 1.54) is 18.2 Å². The second-order valence-electron chi connectivity index (χ2n) is 6.71. The van der Waals surface area contributed by atoms with Gasteiger partial charge in [-0.3, -0.25) is 10.1 Å². The van der Waals surface area contributed by atoms with Gasteiger partial charge in [0, 0.05) is 18.7 Å². The lowest BCUT2D eigenvalue weighted by atomic mass is 10.1. The van der Waals surface area contributed by atoms with E-state index >= 15 is 0 Å². The van der Waals surface area contributed by atoms with E-state index in [1.54, 1.807) is 6.92 Å². The van der Waals surface area contributed by atoms with Crippen LogP contribution in [0.4, 0.5) is 11.6 Å². The maximum Gasteiger partial charge on any atom is 0.237 e. The number of nitriles is 1. The molecule has 1 amide bonds. The molecule has 0 bridgehead atoms. The largest absolute Gasteiger partial charge is 0.444 e. The smallest absolute Gasteiger partial charge is 0.237 e. The fraction of sp³-hybridized carbons (Fsp3) is 0.381. The van der Waals surface area contributed by atoms with Crippen molar-refractivity contribution in [3.05, 3.63) is 47.2 Å². The van der Waals surface area contributed by atoms with Crippen molar-refractivity contribution >= 4 is 34.4 Å². The Morgan fingerprint density at radius 1 is 1.25 bits per heavy atom. The molecule has 1 aromatic carbocycles. The van der Waals surface area contributed by atoms with Crippen LogP contribution in [0.1, 0.15) is 36.1 Å². The van der Waals surface area contributed by atoms with Crippen LogP contribution in [0.25, 0.3) is 0 Å². The molecular formula is C21H24N4O2S. The third-order valence-electron chi connectivity index (χ3n) is 4.69. The van der Waals surface area contributed by atoms with Crippen LogP contribution in [0.5, 0.6) is 0 Å². The first kappa shape index (κ1) is 20.0. The van der Waals surface area contributed by atoms with Crippen LogP contribution in [0.15, 0.2) is 39.7 Å². The van der Waals surface area contributed by atoms with E-state index in [4.69, 9.17) is 9.41 Å². The zero-order valence-electron chi connectivity index (χ0n) is 16.2. The molecule has 3 rings (SSSR count). The number of likely N-dealkylation sites (tertiary alicyclic amines) is 1. The summed E-state index contributed by atoms with van der Waals surface area (Å²) < 4.78 is 5.52. The Labute approximate surface area is 169 Å². The molecule has 1 aliphatic heterocycles. The van der Waals surface area contributed by atoms with Crippen molar-refractivity contribution < 1.29 is 9.21 Å². The zero-order chi connectivity index (χ0) is 19.9. The van der Waals surface area contributed by atoms with Crippen LogP contribution in [0, 0.1) is 25.2 Å². The second-order valence-corrected chi connectivity index (χ2v) is 7.66. The first-order chi connectivity index (χ1) is 13.6. The van der Waals surface area contributed by atoms with Crippen molar-refractivity contribution in [3.8, 4) is 6.07 Å². The first-order valence-electron chi connectivity index (χ1n) is 9.40. The standard InChI is InChI=1S/C21H24N4O2S/c1-15-16(2)27-20(18(15)13-22)24-19(26)14-28-21(25-11-7-4-8-12-25)23-17-9-5-3-6-10-17/h3,5-6,9-10H,4,7-8,11-12,14H2,1-2H3,(H,24,26). The summed E-state index contributed by atoms with van der Waals surface area (Å²) in [6.45, 7) is 5.50. The van der Waals surface area contributed by atoms with Crippen molar-refractivity contribution in [2.75, 3.05) is 24.2 Å². The maximum absolute atomic E-state index is 12.5. The molecule has 28 heavy (non-hydrogen) atoms. The van der Waals surface area contributed by atoms with Crippen LogP contribution in [-0.2, 0) is 4.79 Å². The third kappa shape index (κ3) is 4.96. The zero-order valence-corrected chi connectivity index (χ0v) is 17.0. The quantitative estimate of drug-likeness (QED) is 0.603. The summed E-state index contributed by atoms with van der Waals surface area (Å²) >= 11 is 1.41. The van der Waals surface area contributed by atoms with E-state index < -0.39 is 0 Å². The Bertz CT molecular complexity index is 893. The Morgan fingerprint density at radius 2 is 1.96 bits per heavy atom. The molecule has 146 valence electrons. The van der Waals surface area contributed by atoms with Crippen LogP contribution >= 0.6 is 11.8 Å². The van der Waals surface area contributed by atoms with Gasteiger partial charge in [-0.1, -0.05) is 30.0 Å². The SMILES string of the molecule is Cc1oc(NC(=O)CSC(=Nc2ccccc2)N2CCCCC2)c(C#N)c1C. The number of aryl methyl sites for hydroxylation is 1. The lowest BCUT2D eigenvalue weighted by molar-refractivity contribution is -0.113. The van der Waals surface area contributed by atoms with Gasteiger partial charge in [0.2, 0.25) is 11.8 Å². The number of furan rings is 1. The second kappa shape index (κ2) is 9.47. The minimum absolute atomic E-state index is 0.200. The third-order valence-corrected chi connectivity index (χ3v) is 5.70. The molecule has 1 aromatic heterocycles. The van der Waals surface area contributed by atoms with Gasteiger partial charge < -0.3 is 9.32 Å². The number of para-hydroxylation sites is 1. The number of carbonyl (C=O) groups excluding carboxylic acids is 1. The summed E-state index contributed by atoms with van der Waals surface area (Å²) in [6.07, 6.45) is 3.50. The molecule has 1 N–H and O–H groups in total. The fourth-order valence-electron chi connectivity index (χ4n) is 3.03. The first-order valence-corrected chi connectivity index (χ1v) is 10.4. The predicted octanol–water partition coefficient (Wildman–Crippen LogP) is 4.61. The Hall–Kier alpha value is -2.72. The van der Waals surface area contributed by atoms with Gasteiger partial charge >= 0.3 is 0 Å². The number of piperidine rings is 1. The normalized spacial score (nSPS) is 14.6. The molecule has 0 atom stereocenters. The van der Waals surface area contributed by atoms with Crippen LogP contribution in [0.2, 0.25) is 0 Å². The van der Waals surface area contributed by atoms with Crippen LogP contribution in [-0.4, -0.2) is 34.8 Å². The van der Waals surface area contributed by atoms with Gasteiger partial charge in [-0.2, -0.15) is 5.26 Å². The molecule has 0 saturated carbocycles. The van der Waals surface area contributed by atoms with Gasteiger partial charge in [-0.05, 0) is 45.2 Å². The molecular weight excluding hydrogens is 372 g/mol. The maximum atomic E-state index is 12.5. The number of carbonyl (C=O) groups is 1. The van der Waals surface area contributed by atoms with Crippen molar-refractivity contribution in [2.24, 2.45) is 4.99 Å². The molecule has 1 fully saturated rings. The van der Waals surface area contributed by atoms with Gasteiger partial charge in [0.05, 0.1) is 11.4 Å². The minimum Gasteiger partial charge on any atom is -0.444 e. The highest BCUT2D eigenvalue weighted by molar-refractivity contribution is 8.14. The number of aliphatic imine (C=N–C) groups is 1. The van der Waals surface area contributed by atoms with Crippen molar-refractivity contribution in [1.29, 1.82) is 5.26 Å². The average Bonchev–Trinajstić information content (AvgIpc) is 2.99. The number of nitrogens with one attached hydrogen (secondary N) is 1. The minimum atomic E-state index is -0.215. The molecule has 2 aromatic rings. The van der Waals surface area contributed by atoms with E-state index in [1.807, 2.05) is 37.3 Å². The molecule has 0 unspecified atom stereocenters. The van der Waals surface area contributed by atoms with E-state index in [0.717, 1.165) is 42.3 Å². The Balaban J connectivity index is 1.69. The van der Waals surface area contributed by atoms with Gasteiger partial charge in [-0.15, -0.1) is 0 Å². The summed E-state index contributed by atoms with van der Waals surface area (Å²) in [4.78, 5) is 19.5. The highest BCUT2D eigenvalue weighted by Crippen LogP contribution is 2.26. The lowest BCUT2D eigenvalue weighted by Crippen LogP contribution is -2.34. The molecule has 0 spiro atoms. The highest BCUT2D eigenvalue weighted by Gasteiger charge is 2.19. The number of thioether (sulfide) groups is 1. The van der Waals surface area contributed by atoms with Crippen molar-refractivity contribution in [3.63, 3.8) is 0 Å². The summed E-state index contributed by atoms with van der Waals surface area (Å²) in [5.74, 6) is 0.848. The van der Waals surface area contributed by atoms with Gasteiger partial charge in [0.25, 0.3) is 0 Å². The molecule has 0 radical (unpaired) electrons. The number of hydrogen-bond donors (Lipinski definition) is 1. The molecule has 2 heterocycles. The molecule has 1 aliphatic rings. The topological polar surface area (TPSA) is 81.6 Å². The number of amides is 1. The molecule has 6 nitrogen and oxygen atoms in total. The Morgan fingerprint density at radius 3 is 2.64 bits per heavy atom. The molecule has 7 heteroatoms. The number of hydrogen-bond acceptors (Lipinski definition) is 5. The number of rotatable bonds is 4. The van der Waals surface area contributed by atoms with E-state index in [2.05, 4.69) is 16.3 Å². The number of nitrogens with zero attached hydrogens (tertiary/aromatic N) is 3. The van der Waals surface area contributed by atoms with Crippen LogP contribution < -0.4 is 5.32 Å². The van der Waals surface area contributed by atoms with E-state index in [9.17, 15) is 10.1 Å². The van der Waals surface area contributed by atoms with Crippen molar-refractivity contribution in [2.45, 2.75) is 33.1 Å². The lowest BCUT2D eigenvalue weighted by Gasteiger charge is -2.29. The number of amidine groups is 1. The Kier molecular flexibility index (Phi) is 6.77. The summed E-state index contributed by atoms with van der Waals surface area (Å²) in [5, 5.41) is 12.9.